The molecule has 2 heterocycles. The highest BCUT2D eigenvalue weighted by molar-refractivity contribution is 5.96. The van der Waals surface area contributed by atoms with Gasteiger partial charge in [-0.25, -0.2) is 0 Å². The van der Waals surface area contributed by atoms with E-state index in [1.54, 1.807) is 12.4 Å². The van der Waals surface area contributed by atoms with Crippen molar-refractivity contribution in [3.05, 3.63) is 18.5 Å². The molecule has 1 aliphatic heterocycles. The number of fused-ring (bicyclic) bond motifs is 1. The molecule has 3 rings (SSSR count). The van der Waals surface area contributed by atoms with E-state index in [2.05, 4.69) is 15.6 Å². The maximum Gasteiger partial charge on any atom is 0.226 e. The molecule has 4 heteroatoms. The first-order valence-corrected chi connectivity index (χ1v) is 5.80. The van der Waals surface area contributed by atoms with Crippen LogP contribution in [0.25, 0.3) is 0 Å². The topological polar surface area (TPSA) is 54.0 Å². The van der Waals surface area contributed by atoms with Gasteiger partial charge in [-0.15, -0.1) is 0 Å². The van der Waals surface area contributed by atoms with Crippen molar-refractivity contribution in [1.29, 1.82) is 0 Å². The Balaban J connectivity index is 2.00. The van der Waals surface area contributed by atoms with Gasteiger partial charge in [0.2, 0.25) is 5.91 Å². The van der Waals surface area contributed by atoms with Gasteiger partial charge in [0.05, 0.1) is 17.6 Å². The monoisotopic (exact) mass is 217 g/mol. The minimum absolute atomic E-state index is 0.0172. The van der Waals surface area contributed by atoms with E-state index in [0.29, 0.717) is 6.42 Å². The number of anilines is 2. The Bertz CT molecular complexity index is 424. The molecule has 0 atom stereocenters. The van der Waals surface area contributed by atoms with Crippen molar-refractivity contribution in [2.24, 2.45) is 0 Å². The molecular weight excluding hydrogens is 202 g/mol. The predicted molar refractivity (Wildman–Crippen MR) is 62.3 cm³/mol. The van der Waals surface area contributed by atoms with E-state index < -0.39 is 0 Å². The van der Waals surface area contributed by atoms with Crippen LogP contribution in [0.3, 0.4) is 0 Å². The molecule has 0 radical (unpaired) electrons. The highest BCUT2D eigenvalue weighted by Gasteiger charge is 2.38. The summed E-state index contributed by atoms with van der Waals surface area (Å²) < 4.78 is 0. The molecule has 1 aliphatic carbocycles. The summed E-state index contributed by atoms with van der Waals surface area (Å²) in [6, 6.07) is 1.93. The van der Waals surface area contributed by atoms with E-state index in [1.807, 2.05) is 6.07 Å². The summed E-state index contributed by atoms with van der Waals surface area (Å²) in [5.74, 6) is 0.0983. The molecular formula is C12H15N3O. The number of nitrogens with zero attached hydrogens (tertiary/aromatic N) is 1. The van der Waals surface area contributed by atoms with Crippen molar-refractivity contribution < 1.29 is 4.79 Å². The minimum Gasteiger partial charge on any atom is -0.377 e. The van der Waals surface area contributed by atoms with Gasteiger partial charge >= 0.3 is 0 Å². The highest BCUT2D eigenvalue weighted by Crippen LogP contribution is 2.39. The number of hydrogen-bond donors (Lipinski definition) is 2. The Hall–Kier alpha value is -1.58. The van der Waals surface area contributed by atoms with Crippen molar-refractivity contribution in [1.82, 2.24) is 4.98 Å². The van der Waals surface area contributed by atoms with Gasteiger partial charge in [-0.3, -0.25) is 9.78 Å². The van der Waals surface area contributed by atoms with E-state index in [9.17, 15) is 4.79 Å². The fourth-order valence-corrected chi connectivity index (χ4v) is 2.79. The smallest absolute Gasteiger partial charge is 0.226 e. The third kappa shape index (κ3) is 1.54. The van der Waals surface area contributed by atoms with Crippen LogP contribution >= 0.6 is 0 Å². The van der Waals surface area contributed by atoms with Crippen molar-refractivity contribution in [2.45, 2.75) is 37.6 Å². The van der Waals surface area contributed by atoms with Crippen LogP contribution in [0.1, 0.15) is 32.1 Å². The van der Waals surface area contributed by atoms with E-state index in [1.165, 1.54) is 12.8 Å². The number of rotatable bonds is 0. The molecule has 1 fully saturated rings. The number of amides is 1. The third-order valence-electron chi connectivity index (χ3n) is 3.55. The van der Waals surface area contributed by atoms with Gasteiger partial charge in [-0.1, -0.05) is 12.8 Å². The van der Waals surface area contributed by atoms with E-state index >= 15 is 0 Å². The molecule has 2 N–H and O–H groups in total. The Morgan fingerprint density at radius 2 is 2.06 bits per heavy atom. The first kappa shape index (κ1) is 9.63. The van der Waals surface area contributed by atoms with Crippen molar-refractivity contribution >= 4 is 17.3 Å². The minimum atomic E-state index is -0.0172. The summed E-state index contributed by atoms with van der Waals surface area (Å²) in [7, 11) is 0. The molecule has 2 aliphatic rings. The molecule has 1 saturated carbocycles. The Kier molecular flexibility index (Phi) is 2.09. The van der Waals surface area contributed by atoms with Gasteiger partial charge in [0.15, 0.2) is 0 Å². The van der Waals surface area contributed by atoms with Crippen LogP contribution in [0.5, 0.6) is 0 Å². The van der Waals surface area contributed by atoms with E-state index in [0.717, 1.165) is 24.2 Å². The lowest BCUT2D eigenvalue weighted by atomic mass is 9.93. The average Bonchev–Trinajstić information content (AvgIpc) is 2.62. The van der Waals surface area contributed by atoms with Gasteiger partial charge in [0.1, 0.15) is 0 Å². The number of pyridine rings is 1. The van der Waals surface area contributed by atoms with Gasteiger partial charge in [0, 0.05) is 18.2 Å². The summed E-state index contributed by atoms with van der Waals surface area (Å²) in [5, 5.41) is 6.45. The Morgan fingerprint density at radius 3 is 2.88 bits per heavy atom. The van der Waals surface area contributed by atoms with Crippen LogP contribution in [-0.4, -0.2) is 16.4 Å². The average molecular weight is 217 g/mol. The lowest BCUT2D eigenvalue weighted by molar-refractivity contribution is -0.117. The summed E-state index contributed by atoms with van der Waals surface area (Å²) in [6.45, 7) is 0. The molecule has 1 aromatic rings. The zero-order chi connectivity index (χ0) is 11.0. The molecule has 84 valence electrons. The number of aromatic nitrogens is 1. The lowest BCUT2D eigenvalue weighted by Gasteiger charge is -2.28. The largest absolute Gasteiger partial charge is 0.377 e. The maximum absolute atomic E-state index is 11.8. The maximum atomic E-state index is 11.8. The SMILES string of the molecule is O=C1CC2(CCCC2)Nc2ccncc2N1. The summed E-state index contributed by atoms with van der Waals surface area (Å²) in [5.41, 5.74) is 1.79. The molecule has 0 saturated heterocycles. The van der Waals surface area contributed by atoms with Crippen LogP contribution in [0.4, 0.5) is 11.4 Å². The molecule has 1 amide bonds. The molecule has 4 nitrogen and oxygen atoms in total. The first-order valence-electron chi connectivity index (χ1n) is 5.80. The van der Waals surface area contributed by atoms with Crippen LogP contribution in [0.15, 0.2) is 18.5 Å². The lowest BCUT2D eigenvalue weighted by Crippen LogP contribution is -2.36. The van der Waals surface area contributed by atoms with Gasteiger partial charge in [-0.05, 0) is 18.9 Å². The second-order valence-corrected chi connectivity index (χ2v) is 4.76. The van der Waals surface area contributed by atoms with E-state index in [4.69, 9.17) is 0 Å². The van der Waals surface area contributed by atoms with Crippen molar-refractivity contribution in [2.75, 3.05) is 10.6 Å². The molecule has 0 unspecified atom stereocenters. The summed E-state index contributed by atoms with van der Waals surface area (Å²) in [6.07, 6.45) is 8.62. The summed E-state index contributed by atoms with van der Waals surface area (Å²) in [4.78, 5) is 15.9. The second-order valence-electron chi connectivity index (χ2n) is 4.76. The standard InChI is InChI=1S/C12H15N3O/c16-11-7-12(4-1-2-5-12)15-9-3-6-13-8-10(9)14-11/h3,6,8,15H,1-2,4-5,7H2,(H,14,16). The number of carbonyl (C=O) groups excluding carboxylic acids is 1. The quantitative estimate of drug-likeness (QED) is 0.700. The fraction of sp³-hybridized carbons (Fsp3) is 0.500. The Labute approximate surface area is 94.5 Å². The fourth-order valence-electron chi connectivity index (χ4n) is 2.79. The molecule has 0 bridgehead atoms. The van der Waals surface area contributed by atoms with Crippen LogP contribution in [0.2, 0.25) is 0 Å². The predicted octanol–water partition coefficient (Wildman–Crippen LogP) is 2.15. The van der Waals surface area contributed by atoms with E-state index in [-0.39, 0.29) is 11.4 Å². The zero-order valence-corrected chi connectivity index (χ0v) is 9.12. The first-order chi connectivity index (χ1) is 7.77. The molecule has 0 aromatic carbocycles. The van der Waals surface area contributed by atoms with Crippen molar-refractivity contribution in [3.8, 4) is 0 Å². The molecule has 1 aromatic heterocycles. The molecule has 1 spiro atoms. The van der Waals surface area contributed by atoms with Gasteiger partial charge in [0.25, 0.3) is 0 Å². The third-order valence-corrected chi connectivity index (χ3v) is 3.55. The highest BCUT2D eigenvalue weighted by atomic mass is 16.1. The van der Waals surface area contributed by atoms with Crippen LogP contribution in [-0.2, 0) is 4.79 Å². The van der Waals surface area contributed by atoms with Gasteiger partial charge in [-0.2, -0.15) is 0 Å². The second kappa shape index (κ2) is 3.47. The van der Waals surface area contributed by atoms with Gasteiger partial charge < -0.3 is 10.6 Å². The number of nitrogens with one attached hydrogen (secondary N) is 2. The molecule has 16 heavy (non-hydrogen) atoms. The van der Waals surface area contributed by atoms with Crippen molar-refractivity contribution in [3.63, 3.8) is 0 Å². The zero-order valence-electron chi connectivity index (χ0n) is 9.12. The van der Waals surface area contributed by atoms with Crippen LogP contribution in [0, 0.1) is 0 Å². The normalized spacial score (nSPS) is 22.1. The van der Waals surface area contributed by atoms with Crippen LogP contribution < -0.4 is 10.6 Å². The number of hydrogen-bond acceptors (Lipinski definition) is 3. The Morgan fingerprint density at radius 1 is 1.25 bits per heavy atom. The summed E-state index contributed by atoms with van der Waals surface area (Å²) >= 11 is 0. The number of carbonyl (C=O) groups is 1.